The second-order valence-electron chi connectivity index (χ2n) is 4.39. The molecule has 0 saturated carbocycles. The molecule has 0 spiro atoms. The van der Waals surface area contributed by atoms with Gasteiger partial charge in [0.1, 0.15) is 5.82 Å². The highest BCUT2D eigenvalue weighted by Crippen LogP contribution is 2.23. The van der Waals surface area contributed by atoms with Crippen LogP contribution in [0.25, 0.3) is 11.0 Å². The number of aryl methyl sites for hydroxylation is 1. The lowest BCUT2D eigenvalue weighted by molar-refractivity contribution is -0.130. The molecule has 1 amide bonds. The number of amides is 1. The van der Waals surface area contributed by atoms with Crippen LogP contribution in [0.4, 0.5) is 0 Å². The highest BCUT2D eigenvalue weighted by molar-refractivity contribution is 5.84. The monoisotopic (exact) mass is 215 g/mol. The maximum atomic E-state index is 11.6. The SMILES string of the molecule is Cc1nc2cc3c(cc2[nH]1)CN(C)C(=O)C3. The Morgan fingerprint density at radius 3 is 3.00 bits per heavy atom. The van der Waals surface area contributed by atoms with Gasteiger partial charge >= 0.3 is 0 Å². The van der Waals surface area contributed by atoms with Crippen molar-refractivity contribution in [2.24, 2.45) is 0 Å². The number of hydrogen-bond acceptors (Lipinski definition) is 2. The third-order valence-electron chi connectivity index (χ3n) is 3.10. The van der Waals surface area contributed by atoms with Crippen LogP contribution < -0.4 is 0 Å². The molecule has 2 aromatic rings. The molecule has 1 aliphatic heterocycles. The molecule has 82 valence electrons. The first kappa shape index (κ1) is 9.39. The molecule has 0 aliphatic carbocycles. The summed E-state index contributed by atoms with van der Waals surface area (Å²) in [6.07, 6.45) is 0.494. The van der Waals surface area contributed by atoms with E-state index in [9.17, 15) is 4.79 Å². The second-order valence-corrected chi connectivity index (χ2v) is 4.39. The predicted molar refractivity (Wildman–Crippen MR) is 61.0 cm³/mol. The number of nitrogens with one attached hydrogen (secondary N) is 1. The van der Waals surface area contributed by atoms with Crippen LogP contribution in [-0.2, 0) is 17.8 Å². The Labute approximate surface area is 93.3 Å². The van der Waals surface area contributed by atoms with Gasteiger partial charge in [0.15, 0.2) is 0 Å². The Bertz CT molecular complexity index is 585. The number of fused-ring (bicyclic) bond motifs is 2. The summed E-state index contributed by atoms with van der Waals surface area (Å²) in [6, 6.07) is 4.13. The quantitative estimate of drug-likeness (QED) is 0.721. The van der Waals surface area contributed by atoms with Crippen molar-refractivity contribution in [1.29, 1.82) is 0 Å². The van der Waals surface area contributed by atoms with Gasteiger partial charge in [0, 0.05) is 13.6 Å². The summed E-state index contributed by atoms with van der Waals surface area (Å²) in [5, 5.41) is 0. The fourth-order valence-electron chi connectivity index (χ4n) is 2.23. The minimum atomic E-state index is 0.180. The van der Waals surface area contributed by atoms with Gasteiger partial charge in [0.05, 0.1) is 17.5 Å². The third kappa shape index (κ3) is 1.30. The van der Waals surface area contributed by atoms with Crippen LogP contribution in [0.5, 0.6) is 0 Å². The highest BCUT2D eigenvalue weighted by Gasteiger charge is 2.20. The van der Waals surface area contributed by atoms with Crippen molar-refractivity contribution in [1.82, 2.24) is 14.9 Å². The molecule has 0 fully saturated rings. The van der Waals surface area contributed by atoms with Gasteiger partial charge in [-0.15, -0.1) is 0 Å². The number of carbonyl (C=O) groups is 1. The van der Waals surface area contributed by atoms with Crippen LogP contribution in [0.2, 0.25) is 0 Å². The van der Waals surface area contributed by atoms with Crippen LogP contribution in [0.1, 0.15) is 17.0 Å². The molecule has 2 heterocycles. The smallest absolute Gasteiger partial charge is 0.227 e. The van der Waals surface area contributed by atoms with E-state index >= 15 is 0 Å². The molecule has 1 aromatic carbocycles. The normalized spacial score (nSPS) is 15.6. The van der Waals surface area contributed by atoms with Crippen molar-refractivity contribution < 1.29 is 4.79 Å². The summed E-state index contributed by atoms with van der Waals surface area (Å²) in [5.74, 6) is 1.09. The Balaban J connectivity index is 2.19. The van der Waals surface area contributed by atoms with Gasteiger partial charge in [-0.3, -0.25) is 4.79 Å². The Morgan fingerprint density at radius 2 is 2.19 bits per heavy atom. The third-order valence-corrected chi connectivity index (χ3v) is 3.10. The molecule has 0 radical (unpaired) electrons. The van der Waals surface area contributed by atoms with E-state index in [4.69, 9.17) is 0 Å². The zero-order chi connectivity index (χ0) is 11.3. The predicted octanol–water partition coefficient (Wildman–Crippen LogP) is 1.39. The van der Waals surface area contributed by atoms with E-state index in [-0.39, 0.29) is 5.91 Å². The number of benzene rings is 1. The lowest BCUT2D eigenvalue weighted by Gasteiger charge is -2.24. The molecule has 0 saturated heterocycles. The lowest BCUT2D eigenvalue weighted by atomic mass is 9.99. The van der Waals surface area contributed by atoms with E-state index in [0.29, 0.717) is 13.0 Å². The van der Waals surface area contributed by atoms with Crippen molar-refractivity contribution in [3.8, 4) is 0 Å². The maximum absolute atomic E-state index is 11.6. The number of likely N-dealkylation sites (N-methyl/N-ethyl adjacent to an activating group) is 1. The van der Waals surface area contributed by atoms with Crippen LogP contribution >= 0.6 is 0 Å². The summed E-state index contributed by atoms with van der Waals surface area (Å²) < 4.78 is 0. The summed E-state index contributed by atoms with van der Waals surface area (Å²) in [6.45, 7) is 2.64. The number of aromatic amines is 1. The molecular formula is C12H13N3O. The van der Waals surface area contributed by atoms with Crippen LogP contribution in [0.3, 0.4) is 0 Å². The van der Waals surface area contributed by atoms with E-state index in [2.05, 4.69) is 16.0 Å². The van der Waals surface area contributed by atoms with E-state index in [1.54, 1.807) is 4.90 Å². The summed E-state index contributed by atoms with van der Waals surface area (Å²) in [5.41, 5.74) is 4.34. The molecule has 4 nitrogen and oxygen atoms in total. The number of imidazole rings is 1. The first-order chi connectivity index (χ1) is 7.63. The van der Waals surface area contributed by atoms with Crippen LogP contribution in [-0.4, -0.2) is 27.8 Å². The van der Waals surface area contributed by atoms with Gasteiger partial charge in [0.2, 0.25) is 5.91 Å². The fourth-order valence-corrected chi connectivity index (χ4v) is 2.23. The van der Waals surface area contributed by atoms with E-state index < -0.39 is 0 Å². The van der Waals surface area contributed by atoms with E-state index in [1.807, 2.05) is 20.0 Å². The molecular weight excluding hydrogens is 202 g/mol. The van der Waals surface area contributed by atoms with E-state index in [1.165, 1.54) is 5.56 Å². The van der Waals surface area contributed by atoms with Gasteiger partial charge in [-0.05, 0) is 30.2 Å². The minimum Gasteiger partial charge on any atom is -0.342 e. The van der Waals surface area contributed by atoms with Crippen molar-refractivity contribution >= 4 is 16.9 Å². The van der Waals surface area contributed by atoms with Gasteiger partial charge < -0.3 is 9.88 Å². The molecule has 16 heavy (non-hydrogen) atoms. The highest BCUT2D eigenvalue weighted by atomic mass is 16.2. The number of rotatable bonds is 0. The molecule has 0 atom stereocenters. The molecule has 1 aliphatic rings. The standard InChI is InChI=1S/C12H13N3O/c1-7-13-10-3-8-5-12(16)15(2)6-9(8)4-11(10)14-7/h3-4H,5-6H2,1-2H3,(H,13,14). The Hall–Kier alpha value is -1.84. The van der Waals surface area contributed by atoms with Crippen LogP contribution in [0, 0.1) is 6.92 Å². The second kappa shape index (κ2) is 3.07. The number of hydrogen-bond donors (Lipinski definition) is 1. The molecule has 4 heteroatoms. The number of carbonyl (C=O) groups excluding carboxylic acids is 1. The van der Waals surface area contributed by atoms with Gasteiger partial charge in [-0.1, -0.05) is 0 Å². The zero-order valence-corrected chi connectivity index (χ0v) is 9.37. The lowest BCUT2D eigenvalue weighted by Crippen LogP contribution is -2.32. The van der Waals surface area contributed by atoms with Crippen LogP contribution in [0.15, 0.2) is 12.1 Å². The van der Waals surface area contributed by atoms with Crippen molar-refractivity contribution in [2.75, 3.05) is 7.05 Å². The molecule has 0 unspecified atom stereocenters. The topological polar surface area (TPSA) is 49.0 Å². The molecule has 1 aromatic heterocycles. The largest absolute Gasteiger partial charge is 0.342 e. The zero-order valence-electron chi connectivity index (χ0n) is 9.37. The molecule has 3 rings (SSSR count). The summed E-state index contributed by atoms with van der Waals surface area (Å²) in [7, 11) is 1.84. The molecule has 0 bridgehead atoms. The van der Waals surface area contributed by atoms with Crippen molar-refractivity contribution in [2.45, 2.75) is 19.9 Å². The first-order valence-electron chi connectivity index (χ1n) is 5.35. The van der Waals surface area contributed by atoms with Gasteiger partial charge in [0.25, 0.3) is 0 Å². The van der Waals surface area contributed by atoms with Gasteiger partial charge in [-0.2, -0.15) is 0 Å². The van der Waals surface area contributed by atoms with Crippen molar-refractivity contribution in [3.63, 3.8) is 0 Å². The minimum absolute atomic E-state index is 0.180. The number of H-pyrrole nitrogens is 1. The average Bonchev–Trinajstić information content (AvgIpc) is 2.56. The first-order valence-corrected chi connectivity index (χ1v) is 5.35. The average molecular weight is 215 g/mol. The van der Waals surface area contributed by atoms with Crippen molar-refractivity contribution in [3.05, 3.63) is 29.1 Å². The van der Waals surface area contributed by atoms with Gasteiger partial charge in [-0.25, -0.2) is 4.98 Å². The number of nitrogens with zero attached hydrogens (tertiary/aromatic N) is 2. The maximum Gasteiger partial charge on any atom is 0.227 e. The number of aromatic nitrogens is 2. The summed E-state index contributed by atoms with van der Waals surface area (Å²) in [4.78, 5) is 21.0. The Kier molecular flexibility index (Phi) is 1.80. The summed E-state index contributed by atoms with van der Waals surface area (Å²) >= 11 is 0. The molecule has 1 N–H and O–H groups in total. The fraction of sp³-hybridized carbons (Fsp3) is 0.333. The van der Waals surface area contributed by atoms with E-state index in [0.717, 1.165) is 22.4 Å². The Morgan fingerprint density at radius 1 is 1.38 bits per heavy atom.